The molecule has 10 heteroatoms. The van der Waals surface area contributed by atoms with Crippen LogP contribution >= 0.6 is 11.8 Å². The van der Waals surface area contributed by atoms with Gasteiger partial charge in [0, 0.05) is 28.4 Å². The van der Waals surface area contributed by atoms with Gasteiger partial charge in [0.15, 0.2) is 0 Å². The number of amides is 1. The molecule has 4 aromatic carbocycles. The largest absolute Gasteiger partial charge is 0.325 e. The number of nitrogens with zero attached hydrogens (tertiary/aromatic N) is 1. The maximum Gasteiger partial charge on any atom is 0.269 e. The Morgan fingerprint density at radius 3 is 2.03 bits per heavy atom. The first-order valence-electron chi connectivity index (χ1n) is 11.2. The van der Waals surface area contributed by atoms with Crippen LogP contribution in [0.4, 0.5) is 17.1 Å². The Morgan fingerprint density at radius 1 is 0.838 bits per heavy atom. The second-order valence-corrected chi connectivity index (χ2v) is 11.0. The molecule has 1 atom stereocenters. The fraction of sp³-hybridized carbons (Fsp3) is 0.0741. The van der Waals surface area contributed by atoms with Gasteiger partial charge in [-0.2, -0.15) is 0 Å². The molecule has 0 aliphatic carbocycles. The van der Waals surface area contributed by atoms with E-state index in [1.165, 1.54) is 36.0 Å². The molecule has 1 unspecified atom stereocenters. The van der Waals surface area contributed by atoms with Crippen LogP contribution in [0.25, 0.3) is 0 Å². The summed E-state index contributed by atoms with van der Waals surface area (Å²) in [5.74, 6) is -0.297. The molecule has 0 saturated carbocycles. The predicted octanol–water partition coefficient (Wildman–Crippen LogP) is 6.18. The molecular weight excluding hydrogens is 510 g/mol. The third-order valence-electron chi connectivity index (χ3n) is 5.38. The van der Waals surface area contributed by atoms with Gasteiger partial charge in [-0.1, -0.05) is 48.0 Å². The van der Waals surface area contributed by atoms with Crippen molar-refractivity contribution in [2.75, 3.05) is 10.0 Å². The molecule has 37 heavy (non-hydrogen) atoms. The average Bonchev–Trinajstić information content (AvgIpc) is 2.89. The minimum absolute atomic E-state index is 0.0647. The monoisotopic (exact) mass is 533 g/mol. The topological polar surface area (TPSA) is 118 Å². The van der Waals surface area contributed by atoms with Gasteiger partial charge in [0.1, 0.15) is 5.25 Å². The SMILES string of the molecule is Cc1ccc(S(=O)(=O)Nc2ccc(SC(C(=O)Nc3ccc([N+](=O)[O-])cc3)c3ccccc3)cc2)cc1. The van der Waals surface area contributed by atoms with Crippen molar-refractivity contribution in [1.29, 1.82) is 0 Å². The molecular formula is C27H23N3O5S2. The Kier molecular flexibility index (Phi) is 7.90. The van der Waals surface area contributed by atoms with E-state index in [9.17, 15) is 23.3 Å². The van der Waals surface area contributed by atoms with Crippen molar-refractivity contribution in [2.45, 2.75) is 22.0 Å². The number of sulfonamides is 1. The second kappa shape index (κ2) is 11.3. The van der Waals surface area contributed by atoms with Crippen molar-refractivity contribution in [2.24, 2.45) is 0 Å². The number of thioether (sulfide) groups is 1. The summed E-state index contributed by atoms with van der Waals surface area (Å²) in [5.41, 5.74) is 2.52. The fourth-order valence-corrected chi connectivity index (χ4v) is 5.53. The first kappa shape index (κ1) is 25.9. The molecule has 0 saturated heterocycles. The first-order valence-corrected chi connectivity index (χ1v) is 13.5. The summed E-state index contributed by atoms with van der Waals surface area (Å²) in [6, 6.07) is 28.2. The van der Waals surface area contributed by atoms with Gasteiger partial charge in [0.25, 0.3) is 15.7 Å². The zero-order valence-corrected chi connectivity index (χ0v) is 21.3. The standard InChI is InChI=1S/C27H23N3O5S2/c1-19-7-17-25(18-8-19)37(34,35)29-22-11-15-24(16-12-22)36-26(20-5-3-2-4-6-20)27(31)28-21-9-13-23(14-10-21)30(32)33/h2-18,26,29H,1H3,(H,28,31). The zero-order chi connectivity index (χ0) is 26.4. The quantitative estimate of drug-likeness (QED) is 0.151. The van der Waals surface area contributed by atoms with Crippen LogP contribution in [0, 0.1) is 17.0 Å². The minimum Gasteiger partial charge on any atom is -0.325 e. The summed E-state index contributed by atoms with van der Waals surface area (Å²) < 4.78 is 27.9. The molecule has 0 fully saturated rings. The van der Waals surface area contributed by atoms with Gasteiger partial charge in [-0.25, -0.2) is 8.42 Å². The highest BCUT2D eigenvalue weighted by Gasteiger charge is 2.23. The molecule has 0 aromatic heterocycles. The van der Waals surface area contributed by atoms with Crippen LogP contribution in [-0.2, 0) is 14.8 Å². The van der Waals surface area contributed by atoms with Crippen molar-refractivity contribution >= 4 is 44.8 Å². The third-order valence-corrected chi connectivity index (χ3v) is 8.04. The number of hydrogen-bond donors (Lipinski definition) is 2. The lowest BCUT2D eigenvalue weighted by Gasteiger charge is -2.17. The van der Waals surface area contributed by atoms with Gasteiger partial charge in [-0.05, 0) is 61.0 Å². The van der Waals surface area contributed by atoms with E-state index in [0.29, 0.717) is 11.4 Å². The Hall–Kier alpha value is -4.15. The Bertz CT molecular complexity index is 1490. The van der Waals surface area contributed by atoms with Crippen molar-refractivity contribution in [3.63, 3.8) is 0 Å². The summed E-state index contributed by atoms with van der Waals surface area (Å²) in [6.45, 7) is 1.88. The van der Waals surface area contributed by atoms with Gasteiger partial charge in [-0.15, -0.1) is 11.8 Å². The maximum absolute atomic E-state index is 13.2. The normalized spacial score (nSPS) is 11.9. The van der Waals surface area contributed by atoms with Crippen molar-refractivity contribution in [3.8, 4) is 0 Å². The number of benzene rings is 4. The van der Waals surface area contributed by atoms with Crippen LogP contribution in [0.1, 0.15) is 16.4 Å². The molecule has 8 nitrogen and oxygen atoms in total. The fourth-order valence-electron chi connectivity index (χ4n) is 3.44. The number of nitro benzene ring substituents is 1. The molecule has 0 radical (unpaired) electrons. The highest BCUT2D eigenvalue weighted by atomic mass is 32.2. The number of nitrogens with one attached hydrogen (secondary N) is 2. The van der Waals surface area contributed by atoms with Crippen LogP contribution in [0.5, 0.6) is 0 Å². The molecule has 4 aromatic rings. The molecule has 4 rings (SSSR count). The van der Waals surface area contributed by atoms with E-state index in [-0.39, 0.29) is 16.5 Å². The van der Waals surface area contributed by atoms with Gasteiger partial charge < -0.3 is 5.32 Å². The number of carbonyl (C=O) groups excluding carboxylic acids is 1. The summed E-state index contributed by atoms with van der Waals surface area (Å²) in [7, 11) is -3.73. The highest BCUT2D eigenvalue weighted by molar-refractivity contribution is 8.00. The van der Waals surface area contributed by atoms with Crippen LogP contribution in [0.15, 0.2) is 113 Å². The minimum atomic E-state index is -3.73. The molecule has 188 valence electrons. The summed E-state index contributed by atoms with van der Waals surface area (Å²) in [4.78, 5) is 24.5. The molecule has 1 amide bonds. The van der Waals surface area contributed by atoms with Gasteiger partial charge in [0.2, 0.25) is 5.91 Å². The molecule has 0 bridgehead atoms. The molecule has 0 aliphatic heterocycles. The van der Waals surface area contributed by atoms with Crippen molar-refractivity contribution in [1.82, 2.24) is 0 Å². The highest BCUT2D eigenvalue weighted by Crippen LogP contribution is 2.37. The lowest BCUT2D eigenvalue weighted by atomic mass is 10.1. The predicted molar refractivity (Wildman–Crippen MR) is 145 cm³/mol. The molecule has 0 heterocycles. The van der Waals surface area contributed by atoms with Crippen molar-refractivity contribution < 1.29 is 18.1 Å². The Morgan fingerprint density at radius 2 is 1.43 bits per heavy atom. The summed E-state index contributed by atoms with van der Waals surface area (Å²) in [5, 5.41) is 13.1. The first-order chi connectivity index (χ1) is 17.7. The van der Waals surface area contributed by atoms with Crippen LogP contribution < -0.4 is 10.0 Å². The van der Waals surface area contributed by atoms with E-state index in [2.05, 4.69) is 10.0 Å². The summed E-state index contributed by atoms with van der Waals surface area (Å²) in [6.07, 6.45) is 0. The van der Waals surface area contributed by atoms with Gasteiger partial charge in [0.05, 0.1) is 9.82 Å². The maximum atomic E-state index is 13.2. The average molecular weight is 534 g/mol. The number of rotatable bonds is 9. The van der Waals surface area contributed by atoms with Crippen LogP contribution in [-0.4, -0.2) is 19.2 Å². The zero-order valence-electron chi connectivity index (χ0n) is 19.7. The Labute approximate surface area is 218 Å². The van der Waals surface area contributed by atoms with Gasteiger partial charge >= 0.3 is 0 Å². The van der Waals surface area contributed by atoms with E-state index in [0.717, 1.165) is 16.0 Å². The van der Waals surface area contributed by atoms with Gasteiger partial charge in [-0.3, -0.25) is 19.6 Å². The smallest absolute Gasteiger partial charge is 0.269 e. The molecule has 0 aliphatic rings. The van der Waals surface area contributed by atoms with E-state index < -0.39 is 20.2 Å². The molecule has 2 N–H and O–H groups in total. The number of anilines is 2. The number of carbonyl (C=O) groups is 1. The second-order valence-electron chi connectivity index (χ2n) is 8.14. The van der Waals surface area contributed by atoms with Crippen LogP contribution in [0.2, 0.25) is 0 Å². The van der Waals surface area contributed by atoms with Crippen molar-refractivity contribution in [3.05, 3.63) is 124 Å². The number of nitro groups is 1. The number of non-ortho nitro benzene ring substituents is 1. The molecule has 0 spiro atoms. The lowest BCUT2D eigenvalue weighted by Crippen LogP contribution is -2.19. The van der Waals surface area contributed by atoms with Crippen LogP contribution in [0.3, 0.4) is 0 Å². The number of hydrogen-bond acceptors (Lipinski definition) is 6. The lowest BCUT2D eigenvalue weighted by molar-refractivity contribution is -0.384. The summed E-state index contributed by atoms with van der Waals surface area (Å²) >= 11 is 1.30. The van der Waals surface area contributed by atoms with E-state index in [4.69, 9.17) is 0 Å². The van der Waals surface area contributed by atoms with E-state index >= 15 is 0 Å². The van der Waals surface area contributed by atoms with E-state index in [1.807, 2.05) is 37.3 Å². The van der Waals surface area contributed by atoms with E-state index in [1.54, 1.807) is 48.5 Å². The number of aryl methyl sites for hydroxylation is 1. The Balaban J connectivity index is 1.50. The third kappa shape index (κ3) is 6.75.